The average molecular weight is 322 g/mol. The second kappa shape index (κ2) is 4.30. The van der Waals surface area contributed by atoms with Crippen molar-refractivity contribution < 1.29 is 0 Å². The first-order valence-corrected chi connectivity index (χ1v) is 6.06. The van der Waals surface area contributed by atoms with Gasteiger partial charge >= 0.3 is 0 Å². The average Bonchev–Trinajstić information content (AvgIpc) is 2.54. The number of benzene rings is 1. The van der Waals surface area contributed by atoms with Crippen molar-refractivity contribution in [3.8, 4) is 11.8 Å². The van der Waals surface area contributed by atoms with Gasteiger partial charge < -0.3 is 4.57 Å². The normalized spacial score (nSPS) is 10.1. The van der Waals surface area contributed by atoms with Crippen molar-refractivity contribution in [2.45, 2.75) is 13.8 Å². The van der Waals surface area contributed by atoms with Crippen LogP contribution in [0, 0.1) is 28.7 Å². The third-order valence-corrected chi connectivity index (χ3v) is 3.72. The van der Waals surface area contributed by atoms with E-state index in [0.717, 1.165) is 5.69 Å². The minimum atomic E-state index is 0.695. The lowest BCUT2D eigenvalue weighted by molar-refractivity contribution is 0.962. The van der Waals surface area contributed by atoms with Gasteiger partial charge in [0.25, 0.3) is 0 Å². The summed E-state index contributed by atoms with van der Waals surface area (Å²) in [4.78, 5) is 0. The van der Waals surface area contributed by atoms with Crippen LogP contribution in [0.1, 0.15) is 17.0 Å². The van der Waals surface area contributed by atoms with Gasteiger partial charge in [-0.2, -0.15) is 5.26 Å². The lowest BCUT2D eigenvalue weighted by Crippen LogP contribution is -1.98. The van der Waals surface area contributed by atoms with Crippen LogP contribution in [0.25, 0.3) is 5.69 Å². The van der Waals surface area contributed by atoms with Crippen LogP contribution in [-0.4, -0.2) is 4.57 Å². The monoisotopic (exact) mass is 322 g/mol. The topological polar surface area (TPSA) is 28.7 Å². The first-order valence-electron chi connectivity index (χ1n) is 4.98. The van der Waals surface area contributed by atoms with E-state index >= 15 is 0 Å². The minimum Gasteiger partial charge on any atom is -0.317 e. The van der Waals surface area contributed by atoms with E-state index in [1.807, 2.05) is 24.3 Å². The fraction of sp³-hybridized carbons (Fsp3) is 0.154. The van der Waals surface area contributed by atoms with Gasteiger partial charge in [-0.25, -0.2) is 0 Å². The van der Waals surface area contributed by atoms with Gasteiger partial charge in [-0.15, -0.1) is 0 Å². The Morgan fingerprint density at radius 2 is 1.81 bits per heavy atom. The summed E-state index contributed by atoms with van der Waals surface area (Å²) in [5.74, 6) is 0. The van der Waals surface area contributed by atoms with Crippen molar-refractivity contribution in [2.75, 3.05) is 0 Å². The van der Waals surface area contributed by atoms with Crippen molar-refractivity contribution in [2.24, 2.45) is 0 Å². The highest BCUT2D eigenvalue weighted by Crippen LogP contribution is 2.22. The molecule has 0 aliphatic heterocycles. The van der Waals surface area contributed by atoms with Crippen molar-refractivity contribution in [3.63, 3.8) is 0 Å². The molecule has 0 atom stereocenters. The van der Waals surface area contributed by atoms with Crippen LogP contribution in [0.3, 0.4) is 0 Å². The van der Waals surface area contributed by atoms with Gasteiger partial charge in [0.2, 0.25) is 0 Å². The fourth-order valence-electron chi connectivity index (χ4n) is 1.81. The fourth-order valence-corrected chi connectivity index (χ4v) is 2.50. The Kier molecular flexibility index (Phi) is 3.01. The number of nitrogens with zero attached hydrogens (tertiary/aromatic N) is 2. The van der Waals surface area contributed by atoms with Gasteiger partial charge in [0.1, 0.15) is 0 Å². The van der Waals surface area contributed by atoms with Gasteiger partial charge in [0.15, 0.2) is 0 Å². The molecule has 0 fully saturated rings. The third kappa shape index (κ3) is 1.85. The molecule has 2 rings (SSSR count). The molecule has 1 aromatic heterocycles. The van der Waals surface area contributed by atoms with Gasteiger partial charge in [-0.1, -0.05) is 0 Å². The molecule has 80 valence electrons. The SMILES string of the molecule is Cc1cc(I)c(C)n1-c1ccc(C#N)cc1. The number of halogens is 1. The van der Waals surface area contributed by atoms with Crippen molar-refractivity contribution in [3.05, 3.63) is 50.9 Å². The molecule has 0 bridgehead atoms. The van der Waals surface area contributed by atoms with Crippen molar-refractivity contribution in [1.29, 1.82) is 5.26 Å². The Hall–Kier alpha value is -1.28. The summed E-state index contributed by atoms with van der Waals surface area (Å²) in [6.07, 6.45) is 0. The van der Waals surface area contributed by atoms with Crippen LogP contribution in [0.4, 0.5) is 0 Å². The van der Waals surface area contributed by atoms with Crippen LogP contribution >= 0.6 is 22.6 Å². The molecule has 16 heavy (non-hydrogen) atoms. The predicted octanol–water partition coefficient (Wildman–Crippen LogP) is 3.57. The molecular formula is C13H11IN2. The zero-order chi connectivity index (χ0) is 11.7. The van der Waals surface area contributed by atoms with E-state index in [1.54, 1.807) is 0 Å². The van der Waals surface area contributed by atoms with E-state index in [4.69, 9.17) is 5.26 Å². The van der Waals surface area contributed by atoms with E-state index in [2.05, 4.69) is 53.1 Å². The molecule has 0 radical (unpaired) electrons. The highest BCUT2D eigenvalue weighted by Gasteiger charge is 2.08. The van der Waals surface area contributed by atoms with E-state index in [-0.39, 0.29) is 0 Å². The first-order chi connectivity index (χ1) is 7.63. The Morgan fingerprint density at radius 3 is 2.25 bits per heavy atom. The lowest BCUT2D eigenvalue weighted by atomic mass is 10.2. The van der Waals surface area contributed by atoms with Crippen molar-refractivity contribution >= 4 is 22.6 Å². The molecule has 0 amide bonds. The molecule has 0 saturated heterocycles. The lowest BCUT2D eigenvalue weighted by Gasteiger charge is -2.09. The summed E-state index contributed by atoms with van der Waals surface area (Å²) >= 11 is 2.34. The van der Waals surface area contributed by atoms with E-state index in [1.165, 1.54) is 15.0 Å². The highest BCUT2D eigenvalue weighted by molar-refractivity contribution is 14.1. The molecule has 2 nitrogen and oxygen atoms in total. The maximum atomic E-state index is 8.75. The summed E-state index contributed by atoms with van der Waals surface area (Å²) in [5, 5.41) is 8.75. The molecule has 0 spiro atoms. The van der Waals surface area contributed by atoms with Crippen LogP contribution < -0.4 is 0 Å². The maximum absolute atomic E-state index is 8.75. The quantitative estimate of drug-likeness (QED) is 0.738. The Labute approximate surface area is 109 Å². The molecule has 0 unspecified atom stereocenters. The van der Waals surface area contributed by atoms with Crippen LogP contribution in [0.15, 0.2) is 30.3 Å². The minimum absolute atomic E-state index is 0.695. The molecule has 0 aliphatic carbocycles. The van der Waals surface area contributed by atoms with Crippen molar-refractivity contribution in [1.82, 2.24) is 4.57 Å². The van der Waals surface area contributed by atoms with Crippen LogP contribution in [-0.2, 0) is 0 Å². The number of hydrogen-bond acceptors (Lipinski definition) is 1. The molecule has 0 saturated carbocycles. The van der Waals surface area contributed by atoms with Gasteiger partial charge in [0.05, 0.1) is 11.6 Å². The number of rotatable bonds is 1. The smallest absolute Gasteiger partial charge is 0.0991 e. The van der Waals surface area contributed by atoms with Crippen LogP contribution in [0.2, 0.25) is 0 Å². The van der Waals surface area contributed by atoms with E-state index < -0.39 is 0 Å². The first kappa shape index (κ1) is 11.2. The Balaban J connectivity index is 2.55. The standard InChI is InChI=1S/C13H11IN2/c1-9-7-13(14)10(2)16(9)12-5-3-11(8-15)4-6-12/h3-7H,1-2H3. The summed E-state index contributed by atoms with van der Waals surface area (Å²) in [7, 11) is 0. The number of aryl methyl sites for hydroxylation is 1. The largest absolute Gasteiger partial charge is 0.317 e. The number of nitriles is 1. The molecule has 3 heteroatoms. The molecule has 0 aliphatic rings. The van der Waals surface area contributed by atoms with E-state index in [9.17, 15) is 0 Å². The maximum Gasteiger partial charge on any atom is 0.0991 e. The second-order valence-electron chi connectivity index (χ2n) is 3.71. The Bertz CT molecular complexity index is 559. The Morgan fingerprint density at radius 1 is 1.19 bits per heavy atom. The summed E-state index contributed by atoms with van der Waals surface area (Å²) in [5.41, 5.74) is 4.26. The second-order valence-corrected chi connectivity index (χ2v) is 4.88. The third-order valence-electron chi connectivity index (χ3n) is 2.62. The van der Waals surface area contributed by atoms with Gasteiger partial charge in [-0.3, -0.25) is 0 Å². The zero-order valence-electron chi connectivity index (χ0n) is 9.16. The van der Waals surface area contributed by atoms with Crippen LogP contribution in [0.5, 0.6) is 0 Å². The van der Waals surface area contributed by atoms with E-state index in [0.29, 0.717) is 5.56 Å². The molecular weight excluding hydrogens is 311 g/mol. The van der Waals surface area contributed by atoms with Gasteiger partial charge in [0, 0.05) is 20.6 Å². The number of aromatic nitrogens is 1. The predicted molar refractivity (Wildman–Crippen MR) is 72.7 cm³/mol. The van der Waals surface area contributed by atoms with Gasteiger partial charge in [-0.05, 0) is 66.8 Å². The number of hydrogen-bond donors (Lipinski definition) is 0. The summed E-state index contributed by atoms with van der Waals surface area (Å²) < 4.78 is 3.46. The molecule has 0 N–H and O–H groups in total. The summed E-state index contributed by atoms with van der Waals surface area (Å²) in [6.45, 7) is 4.19. The molecule has 2 aromatic rings. The molecule has 1 aromatic carbocycles. The highest BCUT2D eigenvalue weighted by atomic mass is 127. The molecule has 1 heterocycles. The zero-order valence-corrected chi connectivity index (χ0v) is 11.3. The summed E-state index contributed by atoms with van der Waals surface area (Å²) in [6, 6.07) is 11.9.